The van der Waals surface area contributed by atoms with Crippen molar-refractivity contribution in [1.82, 2.24) is 5.32 Å². The number of hydrogen-bond donors (Lipinski definition) is 1. The smallest absolute Gasteiger partial charge is 0.338 e. The molecule has 29 heavy (non-hydrogen) atoms. The van der Waals surface area contributed by atoms with Gasteiger partial charge in [-0.05, 0) is 47.5 Å². The first-order valence-corrected chi connectivity index (χ1v) is 8.98. The molecule has 3 aromatic rings. The van der Waals surface area contributed by atoms with Gasteiger partial charge in [-0.3, -0.25) is 4.79 Å². The summed E-state index contributed by atoms with van der Waals surface area (Å²) < 4.78 is 23.2. The molecule has 0 spiro atoms. The second-order valence-electron chi connectivity index (χ2n) is 6.27. The first-order valence-electron chi connectivity index (χ1n) is 8.98. The minimum atomic E-state index is -0.694. The summed E-state index contributed by atoms with van der Waals surface area (Å²) in [5.74, 6) is -0.893. The van der Waals surface area contributed by atoms with E-state index >= 15 is 0 Å². The van der Waals surface area contributed by atoms with Crippen LogP contribution in [0.4, 0.5) is 4.39 Å². The van der Waals surface area contributed by atoms with E-state index in [0.29, 0.717) is 5.75 Å². The number of rotatable bonds is 7. The van der Waals surface area contributed by atoms with E-state index in [9.17, 15) is 14.0 Å². The predicted molar refractivity (Wildman–Crippen MR) is 106 cm³/mol. The fourth-order valence-electron chi connectivity index (χ4n) is 2.80. The van der Waals surface area contributed by atoms with Gasteiger partial charge in [0, 0.05) is 0 Å². The van der Waals surface area contributed by atoms with Gasteiger partial charge in [0.25, 0.3) is 5.91 Å². The van der Waals surface area contributed by atoms with Crippen molar-refractivity contribution < 1.29 is 23.5 Å². The maximum atomic E-state index is 13.0. The lowest BCUT2D eigenvalue weighted by atomic mass is 9.98. The summed E-state index contributed by atoms with van der Waals surface area (Å²) in [7, 11) is 1.58. The van der Waals surface area contributed by atoms with Crippen LogP contribution >= 0.6 is 0 Å². The second kappa shape index (κ2) is 9.50. The molecule has 6 heteroatoms. The van der Waals surface area contributed by atoms with Crippen LogP contribution in [0.15, 0.2) is 78.9 Å². The molecular weight excluding hydrogens is 373 g/mol. The van der Waals surface area contributed by atoms with Crippen LogP contribution in [0, 0.1) is 5.82 Å². The first-order chi connectivity index (χ1) is 14.1. The van der Waals surface area contributed by atoms with Crippen LogP contribution in [0.2, 0.25) is 0 Å². The third kappa shape index (κ3) is 5.42. The molecule has 3 aromatic carbocycles. The number of amides is 1. The van der Waals surface area contributed by atoms with Gasteiger partial charge in [0.1, 0.15) is 11.6 Å². The standard InChI is InChI=1S/C23H20FNO4/c1-28-20-13-9-17(10-14-20)22(16-5-3-2-4-6-16)25-21(26)15-29-23(27)18-7-11-19(24)12-8-18/h2-14,22H,15H2,1H3,(H,25,26)/t22-/m0/s1. The molecule has 0 aliphatic rings. The summed E-state index contributed by atoms with van der Waals surface area (Å²) in [5, 5.41) is 2.89. The molecule has 0 unspecified atom stereocenters. The molecule has 1 N–H and O–H groups in total. The molecule has 148 valence electrons. The summed E-state index contributed by atoms with van der Waals surface area (Å²) in [6, 6.07) is 21.3. The van der Waals surface area contributed by atoms with Crippen molar-refractivity contribution in [3.8, 4) is 5.75 Å². The van der Waals surface area contributed by atoms with Crippen molar-refractivity contribution in [1.29, 1.82) is 0 Å². The fraction of sp³-hybridized carbons (Fsp3) is 0.130. The Hall–Kier alpha value is -3.67. The molecule has 0 aliphatic heterocycles. The molecule has 0 heterocycles. The summed E-state index contributed by atoms with van der Waals surface area (Å²) in [6.07, 6.45) is 0. The van der Waals surface area contributed by atoms with Gasteiger partial charge in [-0.1, -0.05) is 42.5 Å². The summed E-state index contributed by atoms with van der Waals surface area (Å²) in [6.45, 7) is -0.449. The number of methoxy groups -OCH3 is 1. The SMILES string of the molecule is COc1ccc([C@@H](NC(=O)COC(=O)c2ccc(F)cc2)c2ccccc2)cc1. The number of carbonyl (C=O) groups is 2. The Bertz CT molecular complexity index is 956. The Kier molecular flexibility index (Phi) is 6.58. The summed E-state index contributed by atoms with van der Waals surface area (Å²) in [5.41, 5.74) is 1.92. The van der Waals surface area contributed by atoms with Gasteiger partial charge in [-0.2, -0.15) is 0 Å². The Morgan fingerprint density at radius 1 is 0.897 bits per heavy atom. The second-order valence-corrected chi connectivity index (χ2v) is 6.27. The molecular formula is C23H20FNO4. The van der Waals surface area contributed by atoms with Crippen molar-refractivity contribution in [3.05, 3.63) is 101 Å². The molecule has 0 fully saturated rings. The van der Waals surface area contributed by atoms with Gasteiger partial charge in [0.2, 0.25) is 0 Å². The highest BCUT2D eigenvalue weighted by Gasteiger charge is 2.18. The molecule has 0 aliphatic carbocycles. The number of ether oxygens (including phenoxy) is 2. The lowest BCUT2D eigenvalue weighted by Crippen LogP contribution is -2.33. The number of esters is 1. The number of carbonyl (C=O) groups excluding carboxylic acids is 2. The third-order valence-electron chi connectivity index (χ3n) is 4.30. The van der Waals surface area contributed by atoms with Crippen LogP contribution < -0.4 is 10.1 Å². The number of hydrogen-bond acceptors (Lipinski definition) is 4. The highest BCUT2D eigenvalue weighted by atomic mass is 19.1. The molecule has 0 radical (unpaired) electrons. The van der Waals surface area contributed by atoms with E-state index in [-0.39, 0.29) is 5.56 Å². The van der Waals surface area contributed by atoms with Crippen molar-refractivity contribution in [2.45, 2.75) is 6.04 Å². The maximum Gasteiger partial charge on any atom is 0.338 e. The number of benzene rings is 3. The Labute approximate surface area is 168 Å². The Morgan fingerprint density at radius 3 is 2.14 bits per heavy atom. The number of halogens is 1. The van der Waals surface area contributed by atoms with E-state index in [1.54, 1.807) is 7.11 Å². The zero-order valence-corrected chi connectivity index (χ0v) is 15.8. The lowest BCUT2D eigenvalue weighted by molar-refractivity contribution is -0.124. The van der Waals surface area contributed by atoms with E-state index in [0.717, 1.165) is 23.3 Å². The van der Waals surface area contributed by atoms with Crippen LogP contribution in [-0.4, -0.2) is 25.6 Å². The fourth-order valence-corrected chi connectivity index (χ4v) is 2.80. The highest BCUT2D eigenvalue weighted by Crippen LogP contribution is 2.24. The largest absolute Gasteiger partial charge is 0.497 e. The lowest BCUT2D eigenvalue weighted by Gasteiger charge is -2.20. The predicted octanol–water partition coefficient (Wildman–Crippen LogP) is 3.90. The quantitative estimate of drug-likeness (QED) is 0.619. The van der Waals surface area contributed by atoms with Gasteiger partial charge in [-0.25, -0.2) is 9.18 Å². The van der Waals surface area contributed by atoms with Gasteiger partial charge >= 0.3 is 5.97 Å². The van der Waals surface area contributed by atoms with Crippen LogP contribution in [0.5, 0.6) is 5.75 Å². The van der Waals surface area contributed by atoms with E-state index in [2.05, 4.69) is 5.32 Å². The van der Waals surface area contributed by atoms with Crippen molar-refractivity contribution in [2.75, 3.05) is 13.7 Å². The molecule has 0 aromatic heterocycles. The summed E-state index contributed by atoms with van der Waals surface area (Å²) >= 11 is 0. The van der Waals surface area contributed by atoms with Crippen molar-refractivity contribution in [3.63, 3.8) is 0 Å². The molecule has 0 saturated heterocycles. The Morgan fingerprint density at radius 2 is 1.52 bits per heavy atom. The van der Waals surface area contributed by atoms with Crippen LogP contribution in [-0.2, 0) is 9.53 Å². The monoisotopic (exact) mass is 393 g/mol. The van der Waals surface area contributed by atoms with E-state index in [4.69, 9.17) is 9.47 Å². The van der Waals surface area contributed by atoms with Crippen LogP contribution in [0.3, 0.4) is 0 Å². The first kappa shape index (κ1) is 20.1. The third-order valence-corrected chi connectivity index (χ3v) is 4.30. The van der Waals surface area contributed by atoms with Gasteiger partial charge in [-0.15, -0.1) is 0 Å². The molecule has 0 saturated carbocycles. The van der Waals surface area contributed by atoms with Gasteiger partial charge in [0.15, 0.2) is 6.61 Å². The van der Waals surface area contributed by atoms with Gasteiger partial charge < -0.3 is 14.8 Å². The molecule has 0 bridgehead atoms. The van der Waals surface area contributed by atoms with Crippen molar-refractivity contribution >= 4 is 11.9 Å². The maximum absolute atomic E-state index is 13.0. The number of nitrogens with one attached hydrogen (secondary N) is 1. The van der Waals surface area contributed by atoms with Crippen LogP contribution in [0.1, 0.15) is 27.5 Å². The Balaban J connectivity index is 1.69. The van der Waals surface area contributed by atoms with Crippen molar-refractivity contribution in [2.24, 2.45) is 0 Å². The minimum absolute atomic E-state index is 0.175. The zero-order chi connectivity index (χ0) is 20.6. The molecule has 1 atom stereocenters. The molecule has 1 amide bonds. The van der Waals surface area contributed by atoms with Crippen LogP contribution in [0.25, 0.3) is 0 Å². The average molecular weight is 393 g/mol. The highest BCUT2D eigenvalue weighted by molar-refractivity contribution is 5.91. The van der Waals surface area contributed by atoms with Gasteiger partial charge in [0.05, 0.1) is 18.7 Å². The zero-order valence-electron chi connectivity index (χ0n) is 15.8. The van der Waals surface area contributed by atoms with E-state index in [1.165, 1.54) is 12.1 Å². The normalized spacial score (nSPS) is 11.4. The molecule has 3 rings (SSSR count). The molecule has 5 nitrogen and oxygen atoms in total. The van der Waals surface area contributed by atoms with E-state index < -0.39 is 30.3 Å². The summed E-state index contributed by atoms with van der Waals surface area (Å²) in [4.78, 5) is 24.5. The minimum Gasteiger partial charge on any atom is -0.497 e. The average Bonchev–Trinajstić information content (AvgIpc) is 2.77. The van der Waals surface area contributed by atoms with E-state index in [1.807, 2.05) is 54.6 Å². The topological polar surface area (TPSA) is 64.6 Å².